The van der Waals surface area contributed by atoms with E-state index < -0.39 is 21.7 Å². The molecule has 0 amide bonds. The van der Waals surface area contributed by atoms with Crippen molar-refractivity contribution in [1.29, 1.82) is 0 Å². The van der Waals surface area contributed by atoms with Crippen molar-refractivity contribution in [2.24, 2.45) is 5.92 Å². The van der Waals surface area contributed by atoms with Gasteiger partial charge in [-0.05, 0) is 18.8 Å². The van der Waals surface area contributed by atoms with E-state index >= 15 is 0 Å². The molecule has 1 aliphatic rings. The molecular weight excluding hydrogens is 218 g/mol. The number of carboxylic acid groups (broad SMARTS) is 1. The molecule has 88 valence electrons. The molecule has 5 nitrogen and oxygen atoms in total. The summed E-state index contributed by atoms with van der Waals surface area (Å²) in [5.41, 5.74) is 0. The zero-order valence-electron chi connectivity index (χ0n) is 8.85. The summed E-state index contributed by atoms with van der Waals surface area (Å²) in [6.07, 6.45) is 3.26. The van der Waals surface area contributed by atoms with Gasteiger partial charge >= 0.3 is 5.97 Å². The Balaban J connectivity index is 2.58. The van der Waals surface area contributed by atoms with Crippen molar-refractivity contribution < 1.29 is 18.3 Å². The molecule has 0 aromatic carbocycles. The van der Waals surface area contributed by atoms with E-state index in [2.05, 4.69) is 0 Å². The number of hydrogen-bond acceptors (Lipinski definition) is 3. The molecule has 0 aromatic heterocycles. The Labute approximate surface area is 90.1 Å². The summed E-state index contributed by atoms with van der Waals surface area (Å²) in [5, 5.41) is 8.49. The first-order chi connectivity index (χ1) is 6.95. The molecule has 0 unspecified atom stereocenters. The number of hydrogen-bond donors (Lipinski definition) is 1. The molecule has 1 N–H and O–H groups in total. The van der Waals surface area contributed by atoms with Crippen LogP contribution in [0.3, 0.4) is 0 Å². The van der Waals surface area contributed by atoms with Crippen LogP contribution in [0.25, 0.3) is 0 Å². The van der Waals surface area contributed by atoms with Crippen LogP contribution in [0.1, 0.15) is 26.2 Å². The zero-order chi connectivity index (χ0) is 11.5. The predicted octanol–water partition coefficient (Wildman–Crippen LogP) is 0.523. The van der Waals surface area contributed by atoms with Crippen molar-refractivity contribution >= 4 is 16.0 Å². The third kappa shape index (κ3) is 3.46. The highest BCUT2D eigenvalue weighted by Gasteiger charge is 2.28. The quantitative estimate of drug-likeness (QED) is 0.728. The zero-order valence-corrected chi connectivity index (χ0v) is 9.66. The lowest BCUT2D eigenvalue weighted by atomic mass is 9.85. The molecule has 0 spiro atoms. The summed E-state index contributed by atoms with van der Waals surface area (Å²) in [6.45, 7) is 2.57. The van der Waals surface area contributed by atoms with Gasteiger partial charge in [0.25, 0.3) is 0 Å². The third-order valence-electron chi connectivity index (χ3n) is 2.74. The SMILES string of the molecule is CCN(CC1CCC1)S(=O)(=O)CC(=O)O. The highest BCUT2D eigenvalue weighted by atomic mass is 32.2. The van der Waals surface area contributed by atoms with E-state index in [4.69, 9.17) is 5.11 Å². The molecule has 0 aromatic rings. The molecule has 0 heterocycles. The second-order valence-electron chi connectivity index (χ2n) is 3.90. The molecule has 1 saturated carbocycles. The number of carboxylic acids is 1. The van der Waals surface area contributed by atoms with Crippen molar-refractivity contribution in [1.82, 2.24) is 4.31 Å². The molecule has 1 fully saturated rings. The van der Waals surface area contributed by atoms with Crippen LogP contribution in [0.4, 0.5) is 0 Å². The highest BCUT2D eigenvalue weighted by molar-refractivity contribution is 7.89. The van der Waals surface area contributed by atoms with Crippen LogP contribution < -0.4 is 0 Å². The summed E-state index contributed by atoms with van der Waals surface area (Å²) in [4.78, 5) is 10.4. The highest BCUT2D eigenvalue weighted by Crippen LogP contribution is 2.27. The Morgan fingerprint density at radius 1 is 1.47 bits per heavy atom. The number of nitrogens with zero attached hydrogens (tertiary/aromatic N) is 1. The summed E-state index contributed by atoms with van der Waals surface area (Å²) >= 11 is 0. The van der Waals surface area contributed by atoms with Gasteiger partial charge in [-0.2, -0.15) is 0 Å². The minimum atomic E-state index is -3.61. The lowest BCUT2D eigenvalue weighted by Gasteiger charge is -2.30. The average Bonchev–Trinajstić information content (AvgIpc) is 1.99. The van der Waals surface area contributed by atoms with E-state index in [-0.39, 0.29) is 0 Å². The van der Waals surface area contributed by atoms with Crippen LogP contribution in [0.5, 0.6) is 0 Å². The lowest BCUT2D eigenvalue weighted by Crippen LogP contribution is -2.40. The second-order valence-corrected chi connectivity index (χ2v) is 5.87. The first-order valence-corrected chi connectivity index (χ1v) is 6.76. The molecule has 1 rings (SSSR count). The smallest absolute Gasteiger partial charge is 0.320 e. The Kier molecular flexibility index (Phi) is 4.10. The fourth-order valence-corrected chi connectivity index (χ4v) is 2.98. The maximum atomic E-state index is 11.6. The van der Waals surface area contributed by atoms with E-state index in [1.807, 2.05) is 0 Å². The Morgan fingerprint density at radius 2 is 2.07 bits per heavy atom. The van der Waals surface area contributed by atoms with Gasteiger partial charge < -0.3 is 5.11 Å². The number of rotatable bonds is 6. The number of carbonyl (C=O) groups is 1. The van der Waals surface area contributed by atoms with E-state index in [1.54, 1.807) is 6.92 Å². The summed E-state index contributed by atoms with van der Waals surface area (Å²) in [5.74, 6) is -1.66. The molecule has 0 saturated heterocycles. The van der Waals surface area contributed by atoms with E-state index in [0.717, 1.165) is 19.3 Å². The summed E-state index contributed by atoms with van der Waals surface area (Å²) in [7, 11) is -3.61. The first-order valence-electron chi connectivity index (χ1n) is 5.15. The van der Waals surface area contributed by atoms with Crippen molar-refractivity contribution in [3.63, 3.8) is 0 Å². The van der Waals surface area contributed by atoms with Gasteiger partial charge in [0.2, 0.25) is 10.0 Å². The van der Waals surface area contributed by atoms with Crippen molar-refractivity contribution in [2.75, 3.05) is 18.8 Å². The molecule has 0 atom stereocenters. The van der Waals surface area contributed by atoms with Gasteiger partial charge in [0, 0.05) is 13.1 Å². The van der Waals surface area contributed by atoms with Gasteiger partial charge in [-0.25, -0.2) is 12.7 Å². The van der Waals surface area contributed by atoms with Crippen molar-refractivity contribution in [3.05, 3.63) is 0 Å². The fourth-order valence-electron chi connectivity index (χ4n) is 1.65. The van der Waals surface area contributed by atoms with E-state index in [0.29, 0.717) is 19.0 Å². The monoisotopic (exact) mass is 235 g/mol. The van der Waals surface area contributed by atoms with Crippen LogP contribution in [-0.2, 0) is 14.8 Å². The normalized spacial score (nSPS) is 17.7. The van der Waals surface area contributed by atoms with Crippen molar-refractivity contribution in [3.8, 4) is 0 Å². The van der Waals surface area contributed by atoms with Gasteiger partial charge in [0.05, 0.1) is 0 Å². The van der Waals surface area contributed by atoms with Crippen LogP contribution >= 0.6 is 0 Å². The maximum Gasteiger partial charge on any atom is 0.320 e. The van der Waals surface area contributed by atoms with E-state index in [9.17, 15) is 13.2 Å². The van der Waals surface area contributed by atoms with Gasteiger partial charge in [0.15, 0.2) is 5.75 Å². The summed E-state index contributed by atoms with van der Waals surface area (Å²) in [6, 6.07) is 0. The second kappa shape index (κ2) is 4.94. The largest absolute Gasteiger partial charge is 0.480 e. The Hall–Kier alpha value is -0.620. The third-order valence-corrected chi connectivity index (χ3v) is 4.54. The minimum absolute atomic E-state index is 0.353. The molecule has 0 radical (unpaired) electrons. The average molecular weight is 235 g/mol. The van der Waals surface area contributed by atoms with Gasteiger partial charge in [-0.1, -0.05) is 13.3 Å². The van der Waals surface area contributed by atoms with Crippen LogP contribution in [0.2, 0.25) is 0 Å². The van der Waals surface area contributed by atoms with Crippen LogP contribution in [0.15, 0.2) is 0 Å². The van der Waals surface area contributed by atoms with Crippen LogP contribution in [-0.4, -0.2) is 42.6 Å². The van der Waals surface area contributed by atoms with Crippen LogP contribution in [0, 0.1) is 5.92 Å². The van der Waals surface area contributed by atoms with Gasteiger partial charge in [-0.3, -0.25) is 4.79 Å². The Morgan fingerprint density at radius 3 is 2.40 bits per heavy atom. The van der Waals surface area contributed by atoms with Gasteiger partial charge in [0.1, 0.15) is 0 Å². The fraction of sp³-hybridized carbons (Fsp3) is 0.889. The van der Waals surface area contributed by atoms with E-state index in [1.165, 1.54) is 4.31 Å². The standard InChI is InChI=1S/C9H17NO4S/c1-2-10(6-8-4-3-5-8)15(13,14)7-9(11)12/h8H,2-7H2,1H3,(H,11,12). The molecule has 15 heavy (non-hydrogen) atoms. The predicted molar refractivity (Wildman–Crippen MR) is 56.0 cm³/mol. The molecule has 6 heteroatoms. The lowest BCUT2D eigenvalue weighted by molar-refractivity contribution is -0.134. The maximum absolute atomic E-state index is 11.6. The molecule has 1 aliphatic carbocycles. The Bertz CT molecular complexity index is 321. The number of sulfonamides is 1. The molecule has 0 bridgehead atoms. The molecular formula is C9H17NO4S. The van der Waals surface area contributed by atoms with Crippen molar-refractivity contribution in [2.45, 2.75) is 26.2 Å². The van der Waals surface area contributed by atoms with Gasteiger partial charge in [-0.15, -0.1) is 0 Å². The molecule has 0 aliphatic heterocycles. The topological polar surface area (TPSA) is 74.7 Å². The first kappa shape index (κ1) is 12.4. The number of aliphatic carboxylic acids is 1. The summed E-state index contributed by atoms with van der Waals surface area (Å²) < 4.78 is 24.5. The minimum Gasteiger partial charge on any atom is -0.480 e.